The molecule has 0 saturated carbocycles. The molecule has 3 N–H and O–H groups in total. The van der Waals surface area contributed by atoms with Gasteiger partial charge in [-0.25, -0.2) is 9.97 Å². The topological polar surface area (TPSA) is 93.4 Å². The first-order valence-corrected chi connectivity index (χ1v) is 6.41. The number of morpholine rings is 1. The molecule has 0 spiro atoms. The van der Waals surface area contributed by atoms with Gasteiger partial charge in [0, 0.05) is 13.1 Å². The summed E-state index contributed by atoms with van der Waals surface area (Å²) in [6.45, 7) is 4.16. The van der Waals surface area contributed by atoms with Crippen LogP contribution in [0.3, 0.4) is 0 Å². The molecule has 1 aliphatic rings. The van der Waals surface area contributed by atoms with Gasteiger partial charge in [-0.2, -0.15) is 0 Å². The summed E-state index contributed by atoms with van der Waals surface area (Å²) in [6.07, 6.45) is 3.87. The molecule has 0 bridgehead atoms. The van der Waals surface area contributed by atoms with E-state index in [0.29, 0.717) is 37.8 Å². The third-order valence-corrected chi connectivity index (χ3v) is 2.97. The van der Waals surface area contributed by atoms with Gasteiger partial charge in [0.15, 0.2) is 5.82 Å². The number of hydrogen-bond acceptors (Lipinski definition) is 6. The maximum atomic E-state index is 12.1. The molecule has 19 heavy (non-hydrogen) atoms. The first-order chi connectivity index (χ1) is 9.24. The number of nitrogens with two attached hydrogens (primary N) is 1. The molecule has 7 heteroatoms. The molecule has 1 saturated heterocycles. The molecule has 1 amide bonds. The molecule has 2 rings (SSSR count). The Hall–Kier alpha value is -1.89. The van der Waals surface area contributed by atoms with Gasteiger partial charge >= 0.3 is 0 Å². The number of nitrogens with zero attached hydrogens (tertiary/aromatic N) is 3. The van der Waals surface area contributed by atoms with Crippen LogP contribution in [0.5, 0.6) is 0 Å². The van der Waals surface area contributed by atoms with Crippen LogP contribution in [0.1, 0.15) is 13.3 Å². The molecule has 2 heterocycles. The summed E-state index contributed by atoms with van der Waals surface area (Å²) in [4.78, 5) is 22.0. The van der Waals surface area contributed by atoms with Gasteiger partial charge < -0.3 is 20.7 Å². The second-order valence-corrected chi connectivity index (χ2v) is 4.38. The SMILES string of the molecule is CCCNC(=O)C1COCCN1c1ncncc1N. The zero-order chi connectivity index (χ0) is 13.7. The minimum atomic E-state index is -0.391. The Labute approximate surface area is 112 Å². The Bertz CT molecular complexity index is 440. The molecule has 104 valence electrons. The number of amides is 1. The zero-order valence-electron chi connectivity index (χ0n) is 11.0. The van der Waals surface area contributed by atoms with Crippen LogP contribution in [0.15, 0.2) is 12.5 Å². The number of aromatic nitrogens is 2. The van der Waals surface area contributed by atoms with E-state index in [2.05, 4.69) is 15.3 Å². The first kappa shape index (κ1) is 13.5. The van der Waals surface area contributed by atoms with Crippen molar-refractivity contribution in [1.29, 1.82) is 0 Å². The van der Waals surface area contributed by atoms with Crippen LogP contribution >= 0.6 is 0 Å². The predicted molar refractivity (Wildman–Crippen MR) is 71.7 cm³/mol. The number of nitrogens with one attached hydrogen (secondary N) is 1. The number of ether oxygens (including phenoxy) is 1. The summed E-state index contributed by atoms with van der Waals surface area (Å²) in [7, 11) is 0. The fourth-order valence-corrected chi connectivity index (χ4v) is 2.01. The Morgan fingerprint density at radius 3 is 3.26 bits per heavy atom. The number of rotatable bonds is 4. The minimum Gasteiger partial charge on any atom is -0.394 e. The molecular weight excluding hydrogens is 246 g/mol. The van der Waals surface area contributed by atoms with Gasteiger partial charge in [0.2, 0.25) is 5.91 Å². The van der Waals surface area contributed by atoms with Crippen molar-refractivity contribution < 1.29 is 9.53 Å². The Morgan fingerprint density at radius 1 is 1.68 bits per heavy atom. The Morgan fingerprint density at radius 2 is 2.53 bits per heavy atom. The highest BCUT2D eigenvalue weighted by atomic mass is 16.5. The van der Waals surface area contributed by atoms with E-state index < -0.39 is 6.04 Å². The molecule has 1 aromatic heterocycles. The lowest BCUT2D eigenvalue weighted by atomic mass is 10.2. The van der Waals surface area contributed by atoms with Gasteiger partial charge in [0.25, 0.3) is 0 Å². The molecule has 1 atom stereocenters. The number of nitrogen functional groups attached to an aromatic ring is 1. The molecular formula is C12H19N5O2. The van der Waals surface area contributed by atoms with Gasteiger partial charge in [-0.1, -0.05) is 6.92 Å². The number of anilines is 2. The largest absolute Gasteiger partial charge is 0.394 e. The van der Waals surface area contributed by atoms with Crippen molar-refractivity contribution in [2.45, 2.75) is 19.4 Å². The zero-order valence-corrected chi connectivity index (χ0v) is 11.0. The lowest BCUT2D eigenvalue weighted by molar-refractivity contribution is -0.124. The molecule has 1 aliphatic heterocycles. The second kappa shape index (κ2) is 6.33. The maximum Gasteiger partial charge on any atom is 0.245 e. The van der Waals surface area contributed by atoms with Crippen LogP contribution < -0.4 is 16.0 Å². The van der Waals surface area contributed by atoms with Crippen molar-refractivity contribution in [3.63, 3.8) is 0 Å². The highest BCUT2D eigenvalue weighted by Gasteiger charge is 2.31. The van der Waals surface area contributed by atoms with Crippen molar-refractivity contribution in [1.82, 2.24) is 15.3 Å². The van der Waals surface area contributed by atoms with Crippen LogP contribution in [-0.4, -0.2) is 48.2 Å². The number of carbonyl (C=O) groups excluding carboxylic acids is 1. The second-order valence-electron chi connectivity index (χ2n) is 4.38. The van der Waals surface area contributed by atoms with E-state index in [-0.39, 0.29) is 5.91 Å². The summed E-state index contributed by atoms with van der Waals surface area (Å²) in [6, 6.07) is -0.391. The van der Waals surface area contributed by atoms with Crippen LogP contribution in [0.25, 0.3) is 0 Å². The van der Waals surface area contributed by atoms with Gasteiger partial charge in [0.1, 0.15) is 12.4 Å². The van der Waals surface area contributed by atoms with Crippen LogP contribution in [-0.2, 0) is 9.53 Å². The number of carbonyl (C=O) groups is 1. The average Bonchev–Trinajstić information content (AvgIpc) is 2.45. The molecule has 7 nitrogen and oxygen atoms in total. The fraction of sp³-hybridized carbons (Fsp3) is 0.583. The first-order valence-electron chi connectivity index (χ1n) is 6.41. The highest BCUT2D eigenvalue weighted by molar-refractivity contribution is 5.86. The van der Waals surface area contributed by atoms with Gasteiger partial charge in [-0.05, 0) is 6.42 Å². The van der Waals surface area contributed by atoms with E-state index in [4.69, 9.17) is 10.5 Å². The van der Waals surface area contributed by atoms with Gasteiger partial charge in [-0.3, -0.25) is 4.79 Å². The third-order valence-electron chi connectivity index (χ3n) is 2.97. The Balaban J connectivity index is 2.16. The molecule has 0 aromatic carbocycles. The predicted octanol–water partition coefficient (Wildman–Crippen LogP) is -0.210. The maximum absolute atomic E-state index is 12.1. The van der Waals surface area contributed by atoms with Crippen molar-refractivity contribution in [2.24, 2.45) is 0 Å². The molecule has 0 aliphatic carbocycles. The van der Waals surface area contributed by atoms with E-state index in [1.807, 2.05) is 11.8 Å². The number of hydrogen-bond donors (Lipinski definition) is 2. The van der Waals surface area contributed by atoms with Gasteiger partial charge in [0.05, 0.1) is 25.1 Å². The lowest BCUT2D eigenvalue weighted by Crippen LogP contribution is -2.54. The van der Waals surface area contributed by atoms with E-state index in [0.717, 1.165) is 6.42 Å². The van der Waals surface area contributed by atoms with Crippen LogP contribution in [0.4, 0.5) is 11.5 Å². The van der Waals surface area contributed by atoms with Crippen molar-refractivity contribution in [2.75, 3.05) is 36.9 Å². The Kier molecular flexibility index (Phi) is 4.51. The quantitative estimate of drug-likeness (QED) is 0.782. The van der Waals surface area contributed by atoms with Crippen molar-refractivity contribution in [3.05, 3.63) is 12.5 Å². The van der Waals surface area contributed by atoms with E-state index in [1.54, 1.807) is 6.20 Å². The molecule has 0 radical (unpaired) electrons. The van der Waals surface area contributed by atoms with E-state index in [9.17, 15) is 4.79 Å². The lowest BCUT2D eigenvalue weighted by Gasteiger charge is -2.35. The van der Waals surface area contributed by atoms with Crippen LogP contribution in [0.2, 0.25) is 0 Å². The smallest absolute Gasteiger partial charge is 0.245 e. The fourth-order valence-electron chi connectivity index (χ4n) is 2.01. The highest BCUT2D eigenvalue weighted by Crippen LogP contribution is 2.22. The van der Waals surface area contributed by atoms with Crippen LogP contribution in [0, 0.1) is 0 Å². The minimum absolute atomic E-state index is 0.0560. The normalized spacial score (nSPS) is 19.2. The monoisotopic (exact) mass is 265 g/mol. The summed E-state index contributed by atoms with van der Waals surface area (Å²) in [5.41, 5.74) is 6.34. The van der Waals surface area contributed by atoms with Gasteiger partial charge in [-0.15, -0.1) is 0 Å². The summed E-state index contributed by atoms with van der Waals surface area (Å²) < 4.78 is 5.39. The third kappa shape index (κ3) is 3.11. The molecule has 1 aromatic rings. The standard InChI is InChI=1S/C12H19N5O2/c1-2-3-15-12(18)10-7-19-5-4-17(10)11-9(13)6-14-8-16-11/h6,8,10H,2-5,7,13H2,1H3,(H,15,18). The van der Waals surface area contributed by atoms with E-state index >= 15 is 0 Å². The summed E-state index contributed by atoms with van der Waals surface area (Å²) in [5.74, 6) is 0.537. The van der Waals surface area contributed by atoms with E-state index in [1.165, 1.54) is 6.33 Å². The van der Waals surface area contributed by atoms with Crippen molar-refractivity contribution >= 4 is 17.4 Å². The average molecular weight is 265 g/mol. The summed E-state index contributed by atoms with van der Waals surface area (Å²) in [5, 5.41) is 2.88. The molecule has 1 unspecified atom stereocenters. The van der Waals surface area contributed by atoms with Crippen molar-refractivity contribution in [3.8, 4) is 0 Å². The molecule has 1 fully saturated rings. The summed E-state index contributed by atoms with van der Waals surface area (Å²) >= 11 is 0.